The number of amides is 4. The summed E-state index contributed by atoms with van der Waals surface area (Å²) in [6.45, 7) is 4.44. The fraction of sp³-hybridized carbons (Fsp3) is 0.333. The van der Waals surface area contributed by atoms with Gasteiger partial charge in [-0.05, 0) is 50.1 Å². The quantitative estimate of drug-likeness (QED) is 0.535. The molecule has 0 saturated heterocycles. The van der Waals surface area contributed by atoms with Crippen molar-refractivity contribution in [1.29, 1.82) is 0 Å². The van der Waals surface area contributed by atoms with Crippen LogP contribution in [-0.4, -0.2) is 52.6 Å². The molecular weight excluding hydrogens is 474 g/mol. The largest absolute Gasteiger partial charge is 0.355 e. The minimum atomic E-state index is -0.648. The van der Waals surface area contributed by atoms with Gasteiger partial charge in [-0.25, -0.2) is 0 Å². The van der Waals surface area contributed by atoms with Crippen molar-refractivity contribution in [1.82, 2.24) is 15.1 Å². The van der Waals surface area contributed by atoms with Gasteiger partial charge in [0.1, 0.15) is 6.04 Å². The maximum Gasteiger partial charge on any atom is 0.261 e. The van der Waals surface area contributed by atoms with Crippen LogP contribution in [0.5, 0.6) is 0 Å². The van der Waals surface area contributed by atoms with Crippen LogP contribution in [0, 0.1) is 0 Å². The Morgan fingerprint density at radius 2 is 1.62 bits per heavy atom. The third-order valence-electron chi connectivity index (χ3n) is 5.44. The third-order valence-corrected chi connectivity index (χ3v) is 5.96. The summed E-state index contributed by atoms with van der Waals surface area (Å²) in [4.78, 5) is 53.2. The average molecular weight is 500 g/mol. The van der Waals surface area contributed by atoms with E-state index >= 15 is 0 Å². The van der Waals surface area contributed by atoms with Gasteiger partial charge in [-0.2, -0.15) is 0 Å². The topological polar surface area (TPSA) is 86.8 Å². The molecule has 2 aromatic rings. The lowest BCUT2D eigenvalue weighted by molar-refractivity contribution is -0.140. The molecule has 0 bridgehead atoms. The van der Waals surface area contributed by atoms with Crippen molar-refractivity contribution in [3.8, 4) is 0 Å². The van der Waals surface area contributed by atoms with E-state index in [2.05, 4.69) is 21.2 Å². The van der Waals surface area contributed by atoms with E-state index in [1.54, 1.807) is 31.2 Å². The molecule has 168 valence electrons. The Labute approximate surface area is 195 Å². The fourth-order valence-electron chi connectivity index (χ4n) is 3.67. The number of fused-ring (bicyclic) bond motifs is 1. The van der Waals surface area contributed by atoms with Crippen LogP contribution in [0.2, 0.25) is 0 Å². The summed E-state index contributed by atoms with van der Waals surface area (Å²) in [6.07, 6.45) is 0.441. The van der Waals surface area contributed by atoms with Crippen molar-refractivity contribution < 1.29 is 19.2 Å². The average Bonchev–Trinajstić information content (AvgIpc) is 3.03. The number of halogens is 1. The highest BCUT2D eigenvalue weighted by molar-refractivity contribution is 9.10. The molecule has 7 nitrogen and oxygen atoms in total. The van der Waals surface area contributed by atoms with Gasteiger partial charge >= 0.3 is 0 Å². The Hall–Kier alpha value is -3.00. The summed E-state index contributed by atoms with van der Waals surface area (Å²) in [5.74, 6) is -1.09. The number of carbonyl (C=O) groups excluding carboxylic acids is 4. The van der Waals surface area contributed by atoms with Gasteiger partial charge in [0.15, 0.2) is 0 Å². The molecule has 1 N–H and O–H groups in total. The Morgan fingerprint density at radius 1 is 1.03 bits per heavy atom. The van der Waals surface area contributed by atoms with Crippen molar-refractivity contribution in [2.24, 2.45) is 0 Å². The van der Waals surface area contributed by atoms with E-state index < -0.39 is 6.04 Å². The van der Waals surface area contributed by atoms with Crippen LogP contribution in [0.4, 0.5) is 0 Å². The van der Waals surface area contributed by atoms with E-state index in [0.29, 0.717) is 24.1 Å². The standard InChI is InChI=1S/C24H26BrN3O4/c1-3-26-22(30)16(2)28(15-17-10-12-18(25)13-11-17)21(29)9-6-14-27-23(31)19-7-4-5-8-20(19)24(27)32/h4-5,7-8,10-13,16H,3,6,9,14-15H2,1-2H3,(H,26,30)/t16-/m0/s1. The van der Waals surface area contributed by atoms with Crippen LogP contribution in [0.15, 0.2) is 53.0 Å². The first-order valence-corrected chi connectivity index (χ1v) is 11.4. The van der Waals surface area contributed by atoms with Crippen molar-refractivity contribution in [2.45, 2.75) is 39.3 Å². The molecule has 0 unspecified atom stereocenters. The normalized spacial score (nSPS) is 13.7. The molecule has 0 aliphatic carbocycles. The molecule has 0 spiro atoms. The summed E-state index contributed by atoms with van der Waals surface area (Å²) in [5.41, 5.74) is 1.69. The zero-order valence-corrected chi connectivity index (χ0v) is 19.7. The van der Waals surface area contributed by atoms with E-state index in [9.17, 15) is 19.2 Å². The van der Waals surface area contributed by atoms with Crippen molar-refractivity contribution in [3.63, 3.8) is 0 Å². The molecule has 0 saturated carbocycles. The monoisotopic (exact) mass is 499 g/mol. The minimum Gasteiger partial charge on any atom is -0.355 e. The van der Waals surface area contributed by atoms with Gasteiger partial charge in [0.25, 0.3) is 11.8 Å². The Bertz CT molecular complexity index is 987. The van der Waals surface area contributed by atoms with E-state index in [4.69, 9.17) is 0 Å². The Morgan fingerprint density at radius 3 is 2.19 bits per heavy atom. The minimum absolute atomic E-state index is 0.119. The van der Waals surface area contributed by atoms with E-state index in [1.807, 2.05) is 31.2 Å². The number of hydrogen-bond donors (Lipinski definition) is 1. The van der Waals surface area contributed by atoms with Gasteiger partial charge in [-0.15, -0.1) is 0 Å². The summed E-state index contributed by atoms with van der Waals surface area (Å²) >= 11 is 3.40. The number of carbonyl (C=O) groups is 4. The van der Waals surface area contributed by atoms with E-state index in [1.165, 1.54) is 9.80 Å². The van der Waals surface area contributed by atoms with Crippen LogP contribution in [0.25, 0.3) is 0 Å². The first-order valence-electron chi connectivity index (χ1n) is 10.6. The third kappa shape index (κ3) is 5.24. The molecule has 0 radical (unpaired) electrons. The maximum atomic E-state index is 13.1. The molecule has 1 atom stereocenters. The Kier molecular flexibility index (Phi) is 7.80. The summed E-state index contributed by atoms with van der Waals surface area (Å²) in [6, 6.07) is 13.6. The molecule has 0 fully saturated rings. The van der Waals surface area contributed by atoms with Gasteiger partial charge in [-0.3, -0.25) is 24.1 Å². The summed E-state index contributed by atoms with van der Waals surface area (Å²) in [7, 11) is 0. The van der Waals surface area contributed by atoms with Crippen molar-refractivity contribution in [2.75, 3.05) is 13.1 Å². The molecular formula is C24H26BrN3O4. The molecule has 0 aromatic heterocycles. The van der Waals surface area contributed by atoms with Gasteiger partial charge in [-0.1, -0.05) is 40.2 Å². The number of nitrogens with zero attached hydrogens (tertiary/aromatic N) is 2. The number of benzene rings is 2. The maximum absolute atomic E-state index is 13.1. The highest BCUT2D eigenvalue weighted by Gasteiger charge is 2.35. The van der Waals surface area contributed by atoms with Crippen LogP contribution in [0.1, 0.15) is 53.0 Å². The number of nitrogens with one attached hydrogen (secondary N) is 1. The fourth-order valence-corrected chi connectivity index (χ4v) is 3.93. The second-order valence-corrected chi connectivity index (χ2v) is 8.55. The lowest BCUT2D eigenvalue weighted by Gasteiger charge is -2.29. The molecule has 1 heterocycles. The summed E-state index contributed by atoms with van der Waals surface area (Å²) in [5, 5.41) is 2.76. The summed E-state index contributed by atoms with van der Waals surface area (Å²) < 4.78 is 0.928. The second kappa shape index (κ2) is 10.5. The highest BCUT2D eigenvalue weighted by Crippen LogP contribution is 2.23. The highest BCUT2D eigenvalue weighted by atomic mass is 79.9. The van der Waals surface area contributed by atoms with Crippen LogP contribution in [0.3, 0.4) is 0 Å². The SMILES string of the molecule is CCNC(=O)[C@H](C)N(Cc1ccc(Br)cc1)C(=O)CCCN1C(=O)c2ccccc2C1=O. The van der Waals surface area contributed by atoms with Gasteiger partial charge in [0.2, 0.25) is 11.8 Å². The smallest absolute Gasteiger partial charge is 0.261 e. The van der Waals surface area contributed by atoms with Gasteiger partial charge in [0, 0.05) is 30.5 Å². The predicted octanol–water partition coefficient (Wildman–Crippen LogP) is 3.38. The van der Waals surface area contributed by atoms with E-state index in [-0.39, 0.29) is 43.1 Å². The number of hydrogen-bond acceptors (Lipinski definition) is 4. The van der Waals surface area contributed by atoms with Gasteiger partial charge in [0.05, 0.1) is 11.1 Å². The lowest BCUT2D eigenvalue weighted by Crippen LogP contribution is -2.47. The Balaban J connectivity index is 1.65. The number of imide groups is 1. The van der Waals surface area contributed by atoms with Crippen LogP contribution < -0.4 is 5.32 Å². The molecule has 1 aliphatic heterocycles. The van der Waals surface area contributed by atoms with Crippen LogP contribution in [-0.2, 0) is 16.1 Å². The van der Waals surface area contributed by atoms with Crippen LogP contribution >= 0.6 is 15.9 Å². The van der Waals surface area contributed by atoms with E-state index in [0.717, 1.165) is 10.0 Å². The molecule has 32 heavy (non-hydrogen) atoms. The lowest BCUT2D eigenvalue weighted by atomic mass is 10.1. The zero-order valence-electron chi connectivity index (χ0n) is 18.1. The van der Waals surface area contributed by atoms with Gasteiger partial charge < -0.3 is 10.2 Å². The molecule has 4 amide bonds. The number of rotatable bonds is 9. The van der Waals surface area contributed by atoms with Crippen molar-refractivity contribution in [3.05, 3.63) is 69.7 Å². The second-order valence-electron chi connectivity index (χ2n) is 7.63. The first kappa shape index (κ1) is 23.7. The molecule has 1 aliphatic rings. The predicted molar refractivity (Wildman–Crippen MR) is 124 cm³/mol. The molecule has 8 heteroatoms. The first-order chi connectivity index (χ1) is 15.3. The van der Waals surface area contributed by atoms with Crippen molar-refractivity contribution >= 4 is 39.6 Å². The molecule has 2 aromatic carbocycles. The molecule has 3 rings (SSSR count). The number of likely N-dealkylation sites (N-methyl/N-ethyl adjacent to an activating group) is 1. The zero-order chi connectivity index (χ0) is 23.3.